The van der Waals surface area contributed by atoms with Crippen molar-refractivity contribution in [3.05, 3.63) is 179 Å². The van der Waals surface area contributed by atoms with Crippen molar-refractivity contribution in [1.82, 2.24) is 29.8 Å². The van der Waals surface area contributed by atoms with Crippen molar-refractivity contribution in [1.29, 1.82) is 0 Å². The van der Waals surface area contributed by atoms with Gasteiger partial charge in [-0.25, -0.2) is 19.3 Å². The van der Waals surface area contributed by atoms with Gasteiger partial charge in [-0.15, -0.1) is 5.10 Å². The maximum absolute atomic E-state index is 12.2. The molecule has 10 heteroatoms. The molecule has 0 saturated heterocycles. The van der Waals surface area contributed by atoms with Crippen LogP contribution in [-0.2, 0) is 18.5 Å². The number of nitrogens with zero attached hydrogens (tertiary/aromatic N) is 6. The zero-order valence-electron chi connectivity index (χ0n) is 27.8. The molecule has 7 rings (SSSR count). The maximum atomic E-state index is 12.2. The normalized spacial score (nSPS) is 11.4. The van der Waals surface area contributed by atoms with Gasteiger partial charge in [-0.3, -0.25) is 0 Å². The molecule has 7 aromatic rings. The first kappa shape index (κ1) is 32.8. The lowest BCUT2D eigenvalue weighted by Crippen LogP contribution is -2.39. The predicted molar refractivity (Wildman–Crippen MR) is 193 cm³/mol. The van der Waals surface area contributed by atoms with Crippen LogP contribution in [0.2, 0.25) is 0 Å². The predicted octanol–water partition coefficient (Wildman–Crippen LogP) is 7.44. The zero-order valence-corrected chi connectivity index (χ0v) is 27.8. The monoisotopic (exact) mass is 674 g/mol. The number of benzene rings is 5. The van der Waals surface area contributed by atoms with E-state index in [4.69, 9.17) is 5.21 Å². The Balaban J connectivity index is 1.34. The van der Waals surface area contributed by atoms with E-state index in [1.807, 2.05) is 115 Å². The maximum Gasteiger partial charge on any atom is 0.357 e. The number of hydrogen-bond donors (Lipinski definition) is 2. The highest BCUT2D eigenvalue weighted by molar-refractivity contribution is 5.99. The molecule has 2 aromatic heterocycles. The van der Waals surface area contributed by atoms with Crippen LogP contribution in [0, 0.1) is 0 Å². The Labute approximate surface area is 294 Å². The van der Waals surface area contributed by atoms with E-state index in [1.54, 1.807) is 0 Å². The Hall–Kier alpha value is -6.68. The molecule has 0 aliphatic carbocycles. The Morgan fingerprint density at radius 1 is 0.667 bits per heavy atom. The van der Waals surface area contributed by atoms with Gasteiger partial charge < -0.3 is 14.8 Å². The summed E-state index contributed by atoms with van der Waals surface area (Å²) in [6.45, 7) is 2.09. The Bertz CT molecular complexity index is 2200. The van der Waals surface area contributed by atoms with Gasteiger partial charge in [0, 0.05) is 18.5 Å². The Morgan fingerprint density at radius 2 is 1.20 bits per heavy atom. The van der Waals surface area contributed by atoms with Crippen molar-refractivity contribution in [2.75, 3.05) is 0 Å². The van der Waals surface area contributed by atoms with Gasteiger partial charge in [0.15, 0.2) is 17.2 Å². The first-order valence-corrected chi connectivity index (χ1v) is 16.6. The molecule has 0 spiro atoms. The summed E-state index contributed by atoms with van der Waals surface area (Å²) in [5.74, 6) is -1.70. The molecule has 0 radical (unpaired) electrons. The van der Waals surface area contributed by atoms with E-state index >= 15 is 0 Å². The summed E-state index contributed by atoms with van der Waals surface area (Å²) in [6, 6.07) is 46.4. The summed E-state index contributed by atoms with van der Waals surface area (Å²) in [4.78, 5) is 28.2. The number of rotatable bonds is 12. The lowest BCUT2D eigenvalue weighted by atomic mass is 9.77. The minimum absolute atomic E-state index is 0.158. The highest BCUT2D eigenvalue weighted by atomic mass is 16.4. The first-order valence-electron chi connectivity index (χ1n) is 16.6. The van der Waals surface area contributed by atoms with Gasteiger partial charge in [0.05, 0.1) is 0 Å². The van der Waals surface area contributed by atoms with Gasteiger partial charge in [-0.1, -0.05) is 146 Å². The molecule has 2 N–H and O–H groups in total. The van der Waals surface area contributed by atoms with Crippen LogP contribution in [0.1, 0.15) is 62.4 Å². The van der Waals surface area contributed by atoms with E-state index in [-0.39, 0.29) is 12.2 Å². The van der Waals surface area contributed by atoms with E-state index in [0.29, 0.717) is 24.5 Å². The van der Waals surface area contributed by atoms with Crippen LogP contribution in [0.15, 0.2) is 140 Å². The third-order valence-electron chi connectivity index (χ3n) is 9.06. The average molecular weight is 675 g/mol. The van der Waals surface area contributed by atoms with E-state index in [0.717, 1.165) is 38.9 Å². The van der Waals surface area contributed by atoms with Crippen LogP contribution >= 0.6 is 0 Å². The summed E-state index contributed by atoms with van der Waals surface area (Å²) in [5, 5.41) is 33.2. The van der Waals surface area contributed by atoms with Crippen molar-refractivity contribution in [3.63, 3.8) is 0 Å². The smallest absolute Gasteiger partial charge is 0.357 e. The number of aromatic carboxylic acids is 2. The molecule has 0 amide bonds. The second kappa shape index (κ2) is 14.0. The molecular formula is C41H34N6O4. The van der Waals surface area contributed by atoms with Crippen LogP contribution < -0.4 is 0 Å². The molecule has 0 bridgehead atoms. The zero-order chi connectivity index (χ0) is 35.4. The summed E-state index contributed by atoms with van der Waals surface area (Å²) in [6.07, 6.45) is 1.13. The van der Waals surface area contributed by atoms with Crippen molar-refractivity contribution < 1.29 is 19.8 Å². The molecule has 10 nitrogen and oxygen atoms in total. The van der Waals surface area contributed by atoms with Gasteiger partial charge in [0.2, 0.25) is 0 Å². The number of imidazole rings is 1. The molecular weight excluding hydrogens is 640 g/mol. The van der Waals surface area contributed by atoms with Gasteiger partial charge in [0.1, 0.15) is 11.4 Å². The minimum atomic E-state index is -1.37. The molecule has 0 unspecified atom stereocenters. The molecule has 252 valence electrons. The Morgan fingerprint density at radius 3 is 1.71 bits per heavy atom. The third kappa shape index (κ3) is 5.97. The van der Waals surface area contributed by atoms with E-state index in [2.05, 4.69) is 51.7 Å². The fourth-order valence-electron chi connectivity index (χ4n) is 6.84. The molecule has 0 aliphatic rings. The molecule has 51 heavy (non-hydrogen) atoms. The van der Waals surface area contributed by atoms with Crippen molar-refractivity contribution in [3.8, 4) is 22.5 Å². The molecule has 2 heterocycles. The van der Waals surface area contributed by atoms with E-state index in [1.165, 1.54) is 4.57 Å². The lowest BCUT2D eigenvalue weighted by Gasteiger charge is -2.36. The fourth-order valence-corrected chi connectivity index (χ4v) is 6.84. The van der Waals surface area contributed by atoms with Gasteiger partial charge in [-0.05, 0) is 50.2 Å². The number of carboxylic acid groups (broad SMARTS) is 2. The average Bonchev–Trinajstić information content (AvgIpc) is 3.80. The topological polar surface area (TPSA) is 136 Å². The number of carbonyl (C=O) groups is 2. The van der Waals surface area contributed by atoms with E-state index in [9.17, 15) is 19.8 Å². The standard InChI is InChI=1S/C41H34N6O4/c1-2-14-35-42-36(39(48)49)37(40(50)51)46(35)27-28-23-25-29(26-24-28)33-21-12-13-22-34(33)38-43-44-45-47(38)41(30-15-6-3-7-16-30,31-17-8-4-9-18-31)32-19-10-5-11-20-32/h3-13,15-26H,2,14,27H2,1H3,(H,48,49)(H,50,51). The van der Waals surface area contributed by atoms with Gasteiger partial charge in [0.25, 0.3) is 0 Å². The quantitative estimate of drug-likeness (QED) is 0.128. The van der Waals surface area contributed by atoms with Crippen LogP contribution in [0.3, 0.4) is 0 Å². The summed E-state index contributed by atoms with van der Waals surface area (Å²) >= 11 is 0. The third-order valence-corrected chi connectivity index (χ3v) is 9.06. The largest absolute Gasteiger partial charge is 0.476 e. The summed E-state index contributed by atoms with van der Waals surface area (Å²) < 4.78 is 3.39. The molecule has 5 aromatic carbocycles. The van der Waals surface area contributed by atoms with Crippen LogP contribution in [-0.4, -0.2) is 51.9 Å². The number of tetrazole rings is 1. The number of hydrogen-bond acceptors (Lipinski definition) is 6. The highest BCUT2D eigenvalue weighted by Crippen LogP contribution is 2.43. The van der Waals surface area contributed by atoms with Crippen LogP contribution in [0.25, 0.3) is 22.5 Å². The van der Waals surface area contributed by atoms with Crippen LogP contribution in [0.5, 0.6) is 0 Å². The second-order valence-electron chi connectivity index (χ2n) is 12.1. The highest BCUT2D eigenvalue weighted by Gasteiger charge is 2.42. The molecule has 0 aliphatic heterocycles. The summed E-state index contributed by atoms with van der Waals surface area (Å²) in [7, 11) is 0. The number of carboxylic acids is 2. The van der Waals surface area contributed by atoms with E-state index < -0.39 is 23.2 Å². The molecule has 0 saturated carbocycles. The lowest BCUT2D eigenvalue weighted by molar-refractivity contribution is 0.0640. The van der Waals surface area contributed by atoms with Gasteiger partial charge in [-0.2, -0.15) is 0 Å². The minimum Gasteiger partial charge on any atom is -0.476 e. The van der Waals surface area contributed by atoms with Crippen molar-refractivity contribution in [2.45, 2.75) is 31.8 Å². The Kier molecular flexibility index (Phi) is 9.05. The second-order valence-corrected chi connectivity index (χ2v) is 12.1. The first-order chi connectivity index (χ1) is 24.9. The summed E-state index contributed by atoms with van der Waals surface area (Å²) in [5.41, 5.74) is 4.70. The number of aromatic nitrogens is 6. The van der Waals surface area contributed by atoms with Crippen molar-refractivity contribution >= 4 is 11.9 Å². The van der Waals surface area contributed by atoms with Crippen LogP contribution in [0.4, 0.5) is 0 Å². The number of aryl methyl sites for hydroxylation is 1. The van der Waals surface area contributed by atoms with Crippen molar-refractivity contribution in [2.24, 2.45) is 0 Å². The molecule has 0 fully saturated rings. The van der Waals surface area contributed by atoms with Gasteiger partial charge >= 0.3 is 11.9 Å². The SMILES string of the molecule is CCCc1nc(C(=O)O)c(C(=O)O)n1Cc1ccc(-c2ccccc2-c2nnnn2C(c2ccccc2)(c2ccccc2)c2ccccc2)cc1. The molecule has 0 atom stereocenters. The fraction of sp³-hybridized carbons (Fsp3) is 0.122.